The summed E-state index contributed by atoms with van der Waals surface area (Å²) in [6.07, 6.45) is 2.56. The third-order valence-electron chi connectivity index (χ3n) is 3.75. The summed E-state index contributed by atoms with van der Waals surface area (Å²) in [5.41, 5.74) is 0.784. The average molecular weight is 216 g/mol. The van der Waals surface area contributed by atoms with Gasteiger partial charge in [0.2, 0.25) is 0 Å². The molecule has 4 heteroatoms. The molecule has 1 aliphatic carbocycles. The van der Waals surface area contributed by atoms with Crippen LogP contribution in [-0.2, 0) is 0 Å². The van der Waals surface area contributed by atoms with E-state index in [4.69, 9.17) is 5.26 Å². The fourth-order valence-corrected chi connectivity index (χ4v) is 1.85. The standard InChI is InChI=1S/C12H16N4/c1-9(12(2)6-7-12)16(3)11-5-4-10(8-13)14-15-11/h4-5,9H,6-7H2,1-3H3. The summed E-state index contributed by atoms with van der Waals surface area (Å²) in [6, 6.07) is 5.99. The minimum Gasteiger partial charge on any atom is -0.355 e. The number of aromatic nitrogens is 2. The highest BCUT2D eigenvalue weighted by Gasteiger charge is 2.44. The van der Waals surface area contributed by atoms with Crippen LogP contribution in [0.5, 0.6) is 0 Å². The number of hydrogen-bond acceptors (Lipinski definition) is 4. The predicted molar refractivity (Wildman–Crippen MR) is 62.0 cm³/mol. The minimum atomic E-state index is 0.363. The SMILES string of the molecule is CC(N(C)c1ccc(C#N)nn1)C1(C)CC1. The topological polar surface area (TPSA) is 52.8 Å². The maximum atomic E-state index is 8.65. The van der Waals surface area contributed by atoms with E-state index in [1.54, 1.807) is 6.07 Å². The van der Waals surface area contributed by atoms with Crippen molar-refractivity contribution in [2.45, 2.75) is 32.7 Å². The van der Waals surface area contributed by atoms with Crippen molar-refractivity contribution >= 4 is 5.82 Å². The van der Waals surface area contributed by atoms with Gasteiger partial charge in [0, 0.05) is 13.1 Å². The lowest BCUT2D eigenvalue weighted by Crippen LogP contribution is -2.36. The van der Waals surface area contributed by atoms with Crippen LogP contribution in [0.1, 0.15) is 32.4 Å². The van der Waals surface area contributed by atoms with Crippen LogP contribution in [-0.4, -0.2) is 23.3 Å². The molecule has 2 rings (SSSR count). The molecule has 84 valence electrons. The van der Waals surface area contributed by atoms with Crippen LogP contribution in [0.25, 0.3) is 0 Å². The summed E-state index contributed by atoms with van der Waals surface area (Å²) < 4.78 is 0. The zero-order valence-electron chi connectivity index (χ0n) is 9.94. The molecule has 1 aromatic rings. The van der Waals surface area contributed by atoms with E-state index < -0.39 is 0 Å². The highest BCUT2D eigenvalue weighted by atomic mass is 15.3. The van der Waals surface area contributed by atoms with Crippen molar-refractivity contribution in [1.29, 1.82) is 5.26 Å². The van der Waals surface area contributed by atoms with E-state index >= 15 is 0 Å². The fraction of sp³-hybridized carbons (Fsp3) is 0.583. The molecule has 0 aromatic carbocycles. The monoisotopic (exact) mass is 216 g/mol. The second-order valence-electron chi connectivity index (χ2n) is 4.83. The number of nitrogens with zero attached hydrogens (tertiary/aromatic N) is 4. The van der Waals surface area contributed by atoms with Gasteiger partial charge >= 0.3 is 0 Å². The van der Waals surface area contributed by atoms with E-state index in [0.29, 0.717) is 17.2 Å². The first kappa shape index (κ1) is 10.9. The Balaban J connectivity index is 2.14. The Morgan fingerprint density at radius 3 is 2.56 bits per heavy atom. The fourth-order valence-electron chi connectivity index (χ4n) is 1.85. The van der Waals surface area contributed by atoms with Crippen LogP contribution in [0.2, 0.25) is 0 Å². The molecule has 0 N–H and O–H groups in total. The van der Waals surface area contributed by atoms with Crippen molar-refractivity contribution in [1.82, 2.24) is 10.2 Å². The lowest BCUT2D eigenvalue weighted by molar-refractivity contribution is 0.444. The molecule has 1 aromatic heterocycles. The summed E-state index contributed by atoms with van der Waals surface area (Å²) in [6.45, 7) is 4.51. The molecule has 0 radical (unpaired) electrons. The first-order valence-corrected chi connectivity index (χ1v) is 5.53. The van der Waals surface area contributed by atoms with Gasteiger partial charge in [-0.3, -0.25) is 0 Å². The second kappa shape index (κ2) is 3.75. The minimum absolute atomic E-state index is 0.363. The van der Waals surface area contributed by atoms with Crippen LogP contribution >= 0.6 is 0 Å². The Morgan fingerprint density at radius 2 is 2.12 bits per heavy atom. The van der Waals surface area contributed by atoms with Gasteiger partial charge < -0.3 is 4.90 Å². The number of nitriles is 1. The molecule has 4 nitrogen and oxygen atoms in total. The van der Waals surface area contributed by atoms with Crippen molar-refractivity contribution in [2.75, 3.05) is 11.9 Å². The van der Waals surface area contributed by atoms with Crippen molar-refractivity contribution in [2.24, 2.45) is 5.41 Å². The first-order valence-electron chi connectivity index (χ1n) is 5.53. The highest BCUT2D eigenvalue weighted by molar-refractivity contribution is 5.40. The molecule has 1 fully saturated rings. The third-order valence-corrected chi connectivity index (χ3v) is 3.75. The Kier molecular flexibility index (Phi) is 2.55. The van der Waals surface area contributed by atoms with Gasteiger partial charge in [-0.05, 0) is 37.3 Å². The normalized spacial score (nSPS) is 18.6. The maximum absolute atomic E-state index is 8.65. The number of hydrogen-bond donors (Lipinski definition) is 0. The molecule has 0 saturated heterocycles. The van der Waals surface area contributed by atoms with E-state index in [-0.39, 0.29) is 0 Å². The second-order valence-corrected chi connectivity index (χ2v) is 4.83. The predicted octanol–water partition coefficient (Wildman–Crippen LogP) is 1.97. The smallest absolute Gasteiger partial charge is 0.163 e. The van der Waals surface area contributed by atoms with Crippen LogP contribution in [0.15, 0.2) is 12.1 Å². The lowest BCUT2D eigenvalue weighted by Gasteiger charge is -2.30. The van der Waals surface area contributed by atoms with Crippen molar-refractivity contribution in [3.8, 4) is 6.07 Å². The van der Waals surface area contributed by atoms with Gasteiger partial charge in [-0.15, -0.1) is 10.2 Å². The van der Waals surface area contributed by atoms with E-state index in [1.165, 1.54) is 12.8 Å². The van der Waals surface area contributed by atoms with Crippen molar-refractivity contribution in [3.63, 3.8) is 0 Å². The van der Waals surface area contributed by atoms with Gasteiger partial charge in [-0.25, -0.2) is 0 Å². The molecule has 1 aliphatic rings. The largest absolute Gasteiger partial charge is 0.355 e. The van der Waals surface area contributed by atoms with Crippen molar-refractivity contribution < 1.29 is 0 Å². The number of rotatable bonds is 3. The first-order chi connectivity index (χ1) is 7.57. The van der Waals surface area contributed by atoms with Crippen LogP contribution in [0.3, 0.4) is 0 Å². The molecule has 1 heterocycles. The third kappa shape index (κ3) is 1.85. The van der Waals surface area contributed by atoms with Gasteiger partial charge in [0.25, 0.3) is 0 Å². The van der Waals surface area contributed by atoms with E-state index in [9.17, 15) is 0 Å². The molecule has 1 unspecified atom stereocenters. The van der Waals surface area contributed by atoms with Gasteiger partial charge in [0.15, 0.2) is 11.5 Å². The molecular weight excluding hydrogens is 200 g/mol. The zero-order valence-corrected chi connectivity index (χ0v) is 9.94. The molecule has 0 aliphatic heterocycles. The lowest BCUT2D eigenvalue weighted by atomic mass is 10.00. The van der Waals surface area contributed by atoms with E-state index in [0.717, 1.165) is 5.82 Å². The summed E-state index contributed by atoms with van der Waals surface area (Å²) in [7, 11) is 2.03. The molecule has 16 heavy (non-hydrogen) atoms. The van der Waals surface area contributed by atoms with Gasteiger partial charge in [-0.2, -0.15) is 5.26 Å². The number of anilines is 1. The molecule has 1 saturated carbocycles. The summed E-state index contributed by atoms with van der Waals surface area (Å²) in [4.78, 5) is 2.14. The van der Waals surface area contributed by atoms with E-state index in [2.05, 4.69) is 28.9 Å². The zero-order chi connectivity index (χ0) is 11.8. The maximum Gasteiger partial charge on any atom is 0.163 e. The van der Waals surface area contributed by atoms with Gasteiger partial charge in [0.05, 0.1) is 0 Å². The average Bonchev–Trinajstić information content (AvgIpc) is 3.07. The Bertz CT molecular complexity index is 414. The summed E-state index contributed by atoms with van der Waals surface area (Å²) in [5, 5.41) is 16.6. The van der Waals surface area contributed by atoms with Crippen LogP contribution in [0.4, 0.5) is 5.82 Å². The van der Waals surface area contributed by atoms with Crippen molar-refractivity contribution in [3.05, 3.63) is 17.8 Å². The molecule has 0 spiro atoms. The molecule has 0 amide bonds. The molecule has 0 bridgehead atoms. The van der Waals surface area contributed by atoms with Crippen LogP contribution in [0, 0.1) is 16.7 Å². The molecule has 1 atom stereocenters. The van der Waals surface area contributed by atoms with E-state index in [1.807, 2.05) is 19.2 Å². The van der Waals surface area contributed by atoms with Gasteiger partial charge in [-0.1, -0.05) is 6.92 Å². The van der Waals surface area contributed by atoms with Crippen LogP contribution < -0.4 is 4.90 Å². The highest BCUT2D eigenvalue weighted by Crippen LogP contribution is 2.49. The Morgan fingerprint density at radius 1 is 1.44 bits per heavy atom. The summed E-state index contributed by atoms with van der Waals surface area (Å²) >= 11 is 0. The van der Waals surface area contributed by atoms with Gasteiger partial charge in [0.1, 0.15) is 6.07 Å². The molecular formula is C12H16N4. The summed E-state index contributed by atoms with van der Waals surface area (Å²) in [5.74, 6) is 0.833. The Labute approximate surface area is 95.9 Å². The Hall–Kier alpha value is -1.63. The quantitative estimate of drug-likeness (QED) is 0.775.